The Morgan fingerprint density at radius 2 is 1.97 bits per heavy atom. The Morgan fingerprint density at radius 1 is 1.24 bits per heavy atom. The molecule has 33 heavy (non-hydrogen) atoms. The summed E-state index contributed by atoms with van der Waals surface area (Å²) in [5.41, 5.74) is 5.49. The molecule has 0 radical (unpaired) electrons. The SMILES string of the molecule is C=CCn1c(C)c(/C=N\NC(=O)[C@@H]2CCCN2S(=O)(=O)c2ccc(Cl)cc2)c2ccccc21. The summed E-state index contributed by atoms with van der Waals surface area (Å²) < 4.78 is 29.5. The predicted octanol–water partition coefficient (Wildman–Crippen LogP) is 4.09. The predicted molar refractivity (Wildman–Crippen MR) is 131 cm³/mol. The first-order valence-electron chi connectivity index (χ1n) is 10.6. The van der Waals surface area contributed by atoms with Gasteiger partial charge in [-0.3, -0.25) is 4.79 Å². The van der Waals surface area contributed by atoms with Crippen LogP contribution in [0.3, 0.4) is 0 Å². The summed E-state index contributed by atoms with van der Waals surface area (Å²) in [7, 11) is -3.82. The first-order chi connectivity index (χ1) is 15.8. The number of amides is 1. The van der Waals surface area contributed by atoms with Crippen molar-refractivity contribution in [1.29, 1.82) is 0 Å². The highest BCUT2D eigenvalue weighted by Gasteiger charge is 2.39. The number of para-hydroxylation sites is 1. The second-order valence-electron chi connectivity index (χ2n) is 7.88. The third kappa shape index (κ3) is 4.46. The average Bonchev–Trinajstić information content (AvgIpc) is 3.40. The van der Waals surface area contributed by atoms with Gasteiger partial charge in [-0.25, -0.2) is 13.8 Å². The van der Waals surface area contributed by atoms with E-state index >= 15 is 0 Å². The van der Waals surface area contributed by atoms with Gasteiger partial charge in [0, 0.05) is 40.3 Å². The highest BCUT2D eigenvalue weighted by molar-refractivity contribution is 7.89. The third-order valence-corrected chi connectivity index (χ3v) is 8.06. The molecule has 2 heterocycles. The maximum atomic E-state index is 13.1. The second kappa shape index (κ2) is 9.51. The fourth-order valence-corrected chi connectivity index (χ4v) is 6.03. The van der Waals surface area contributed by atoms with Crippen LogP contribution < -0.4 is 5.43 Å². The molecule has 172 valence electrons. The number of nitrogens with one attached hydrogen (secondary N) is 1. The zero-order valence-corrected chi connectivity index (χ0v) is 19.8. The average molecular weight is 485 g/mol. The van der Waals surface area contributed by atoms with Crippen LogP contribution >= 0.6 is 11.6 Å². The lowest BCUT2D eigenvalue weighted by atomic mass is 10.1. The summed E-state index contributed by atoms with van der Waals surface area (Å²) in [4.78, 5) is 13.0. The Hall–Kier alpha value is -2.94. The summed E-state index contributed by atoms with van der Waals surface area (Å²) in [5.74, 6) is -0.450. The monoisotopic (exact) mass is 484 g/mol. The molecule has 1 atom stereocenters. The summed E-state index contributed by atoms with van der Waals surface area (Å²) in [6.45, 7) is 6.75. The molecule has 1 aromatic heterocycles. The van der Waals surface area contributed by atoms with Crippen molar-refractivity contribution in [2.45, 2.75) is 37.2 Å². The van der Waals surface area contributed by atoms with Gasteiger partial charge in [-0.2, -0.15) is 9.41 Å². The molecule has 4 rings (SSSR count). The standard InChI is InChI=1S/C24H25ClN4O3S/c1-3-14-28-17(2)21(20-7-4-5-8-22(20)28)16-26-27-24(30)23-9-6-15-29(23)33(31,32)19-12-10-18(25)11-13-19/h3-5,7-8,10-13,16,23H,1,6,9,14-15H2,2H3,(H,27,30)/b26-16-/t23-/m0/s1. The highest BCUT2D eigenvalue weighted by Crippen LogP contribution is 2.27. The van der Waals surface area contributed by atoms with Crippen LogP contribution in [0.1, 0.15) is 24.1 Å². The molecule has 0 saturated carbocycles. The van der Waals surface area contributed by atoms with Gasteiger partial charge in [0.1, 0.15) is 6.04 Å². The van der Waals surface area contributed by atoms with Crippen LogP contribution in [0.15, 0.2) is 71.2 Å². The van der Waals surface area contributed by atoms with Crippen LogP contribution in [0.25, 0.3) is 10.9 Å². The molecule has 1 N–H and O–H groups in total. The van der Waals surface area contributed by atoms with Gasteiger partial charge < -0.3 is 4.57 Å². The maximum absolute atomic E-state index is 13.1. The van der Waals surface area contributed by atoms with E-state index in [0.29, 0.717) is 24.4 Å². The number of carbonyl (C=O) groups is 1. The number of fused-ring (bicyclic) bond motifs is 1. The van der Waals surface area contributed by atoms with Crippen molar-refractivity contribution in [2.24, 2.45) is 5.10 Å². The fourth-order valence-electron chi connectivity index (χ4n) is 4.25. The Morgan fingerprint density at radius 3 is 2.70 bits per heavy atom. The molecule has 3 aromatic rings. The van der Waals surface area contributed by atoms with Gasteiger partial charge >= 0.3 is 0 Å². The zero-order chi connectivity index (χ0) is 23.6. The van der Waals surface area contributed by atoms with Crippen LogP contribution in [-0.4, -0.2) is 42.0 Å². The fraction of sp³-hybridized carbons (Fsp3) is 0.250. The van der Waals surface area contributed by atoms with Crippen molar-refractivity contribution in [3.05, 3.63) is 77.5 Å². The Bertz CT molecular complexity index is 1330. The van der Waals surface area contributed by atoms with Crippen LogP contribution in [0.5, 0.6) is 0 Å². The number of sulfonamides is 1. The lowest BCUT2D eigenvalue weighted by molar-refractivity contribution is -0.124. The van der Waals surface area contributed by atoms with E-state index in [1.807, 2.05) is 37.3 Å². The molecule has 7 nitrogen and oxygen atoms in total. The molecular weight excluding hydrogens is 460 g/mol. The van der Waals surface area contributed by atoms with Gasteiger partial charge in [0.2, 0.25) is 10.0 Å². The minimum atomic E-state index is -3.82. The molecule has 1 saturated heterocycles. The number of carbonyl (C=O) groups excluding carboxylic acids is 1. The van der Waals surface area contributed by atoms with Gasteiger partial charge in [0.25, 0.3) is 5.91 Å². The molecule has 9 heteroatoms. The largest absolute Gasteiger partial charge is 0.340 e. The lowest BCUT2D eigenvalue weighted by Crippen LogP contribution is -2.44. The second-order valence-corrected chi connectivity index (χ2v) is 10.2. The first-order valence-corrected chi connectivity index (χ1v) is 12.5. The van der Waals surface area contributed by atoms with Crippen molar-refractivity contribution in [2.75, 3.05) is 6.54 Å². The van der Waals surface area contributed by atoms with Gasteiger partial charge in [0.15, 0.2) is 0 Å². The smallest absolute Gasteiger partial charge is 0.258 e. The molecular formula is C24H25ClN4O3S. The minimum absolute atomic E-state index is 0.112. The van der Waals surface area contributed by atoms with Crippen molar-refractivity contribution in [1.82, 2.24) is 14.3 Å². The number of hydrazone groups is 1. The number of allylic oxidation sites excluding steroid dienone is 1. The molecule has 0 spiro atoms. The number of halogens is 1. The van der Waals surface area contributed by atoms with E-state index in [-0.39, 0.29) is 11.4 Å². The number of benzene rings is 2. The number of rotatable bonds is 7. The number of hydrogen-bond acceptors (Lipinski definition) is 4. The molecule has 1 fully saturated rings. The Kier molecular flexibility index (Phi) is 6.69. The summed E-state index contributed by atoms with van der Waals surface area (Å²) >= 11 is 5.88. The van der Waals surface area contributed by atoms with E-state index in [1.54, 1.807) is 6.21 Å². The van der Waals surface area contributed by atoms with E-state index in [4.69, 9.17) is 11.6 Å². The van der Waals surface area contributed by atoms with Gasteiger partial charge in [-0.1, -0.05) is 35.9 Å². The van der Waals surface area contributed by atoms with E-state index in [1.165, 1.54) is 28.6 Å². The Balaban J connectivity index is 1.54. The molecule has 1 aliphatic rings. The van der Waals surface area contributed by atoms with Crippen molar-refractivity contribution < 1.29 is 13.2 Å². The van der Waals surface area contributed by atoms with Crippen LogP contribution in [0.2, 0.25) is 5.02 Å². The maximum Gasteiger partial charge on any atom is 0.258 e. The number of hydrogen-bond donors (Lipinski definition) is 1. The van der Waals surface area contributed by atoms with Crippen molar-refractivity contribution in [3.63, 3.8) is 0 Å². The molecule has 1 amide bonds. The topological polar surface area (TPSA) is 83.8 Å². The van der Waals surface area contributed by atoms with E-state index < -0.39 is 22.0 Å². The van der Waals surface area contributed by atoms with E-state index in [0.717, 1.165) is 22.2 Å². The van der Waals surface area contributed by atoms with Crippen molar-refractivity contribution >= 4 is 44.6 Å². The van der Waals surface area contributed by atoms with Gasteiger partial charge in [-0.05, 0) is 50.1 Å². The first kappa shape index (κ1) is 23.2. The quantitative estimate of drug-likeness (QED) is 0.311. The van der Waals surface area contributed by atoms with Gasteiger partial charge in [-0.15, -0.1) is 6.58 Å². The van der Waals surface area contributed by atoms with E-state index in [9.17, 15) is 13.2 Å². The summed E-state index contributed by atoms with van der Waals surface area (Å²) in [6, 6.07) is 13.1. The number of nitrogens with zero attached hydrogens (tertiary/aromatic N) is 3. The van der Waals surface area contributed by atoms with Crippen molar-refractivity contribution in [3.8, 4) is 0 Å². The normalized spacial score (nSPS) is 17.1. The molecule has 0 bridgehead atoms. The van der Waals surface area contributed by atoms with Crippen LogP contribution in [0.4, 0.5) is 0 Å². The number of aromatic nitrogens is 1. The molecule has 2 aromatic carbocycles. The molecule has 0 aliphatic carbocycles. The lowest BCUT2D eigenvalue weighted by Gasteiger charge is -2.22. The Labute approximate surface area is 198 Å². The molecule has 1 aliphatic heterocycles. The van der Waals surface area contributed by atoms with E-state index in [2.05, 4.69) is 21.7 Å². The third-order valence-electron chi connectivity index (χ3n) is 5.89. The highest BCUT2D eigenvalue weighted by atomic mass is 35.5. The zero-order valence-electron chi connectivity index (χ0n) is 18.2. The van der Waals surface area contributed by atoms with Gasteiger partial charge in [0.05, 0.1) is 11.1 Å². The minimum Gasteiger partial charge on any atom is -0.340 e. The summed E-state index contributed by atoms with van der Waals surface area (Å²) in [5, 5.41) is 5.63. The van der Waals surface area contributed by atoms with Crippen LogP contribution in [0, 0.1) is 6.92 Å². The van der Waals surface area contributed by atoms with Crippen LogP contribution in [-0.2, 0) is 21.4 Å². The summed E-state index contributed by atoms with van der Waals surface area (Å²) in [6.07, 6.45) is 4.48. The molecule has 0 unspecified atom stereocenters.